The van der Waals surface area contributed by atoms with E-state index in [1.165, 1.54) is 44.4 Å². The normalized spacial score (nSPS) is 21.6. The number of phenols is 1. The van der Waals surface area contributed by atoms with Gasteiger partial charge in [-0.05, 0) is 42.9 Å². The van der Waals surface area contributed by atoms with Crippen molar-refractivity contribution in [2.75, 3.05) is 26.7 Å². The molecular formula is C19H30FIN4O. The van der Waals surface area contributed by atoms with Gasteiger partial charge in [-0.1, -0.05) is 18.9 Å². The summed E-state index contributed by atoms with van der Waals surface area (Å²) in [5.41, 5.74) is 0.771. The molecule has 1 aromatic rings. The Hall–Kier alpha value is -1.09. The van der Waals surface area contributed by atoms with Gasteiger partial charge in [0.25, 0.3) is 0 Å². The maximum atomic E-state index is 13.4. The lowest BCUT2D eigenvalue weighted by Crippen LogP contribution is -2.44. The number of hydrogen-bond donors (Lipinski definition) is 3. The second-order valence-corrected chi connectivity index (χ2v) is 7.25. The first-order valence-corrected chi connectivity index (χ1v) is 9.31. The number of hydrogen-bond acceptors (Lipinski definition) is 3. The van der Waals surface area contributed by atoms with Crippen LogP contribution in [0, 0.1) is 11.7 Å². The van der Waals surface area contributed by atoms with Crippen molar-refractivity contribution in [3.05, 3.63) is 29.6 Å². The van der Waals surface area contributed by atoms with Gasteiger partial charge in [0.15, 0.2) is 17.5 Å². The molecule has 1 aromatic carbocycles. The fraction of sp³-hybridized carbons (Fsp3) is 0.632. The standard InChI is InChI=1S/C19H29FN4O.HI/c1-21-19(22-11-15-6-7-18(25)17(20)10-15)23-16-8-9-24(13-16)12-14-4-2-3-5-14;/h6-7,10,14,16,25H,2-5,8-9,11-13H2,1H3,(H2,21,22,23);1H. The van der Waals surface area contributed by atoms with Crippen LogP contribution in [0.1, 0.15) is 37.7 Å². The molecule has 1 atom stereocenters. The van der Waals surface area contributed by atoms with Gasteiger partial charge in [0.2, 0.25) is 0 Å². The first kappa shape index (κ1) is 21.2. The summed E-state index contributed by atoms with van der Waals surface area (Å²) in [4.78, 5) is 6.83. The van der Waals surface area contributed by atoms with Crippen LogP contribution in [0.15, 0.2) is 23.2 Å². The van der Waals surface area contributed by atoms with E-state index in [0.717, 1.165) is 37.0 Å². The Balaban J connectivity index is 0.00000243. The number of aromatic hydroxyl groups is 1. The van der Waals surface area contributed by atoms with E-state index in [4.69, 9.17) is 0 Å². The maximum Gasteiger partial charge on any atom is 0.191 e. The van der Waals surface area contributed by atoms with Gasteiger partial charge in [-0.2, -0.15) is 0 Å². The largest absolute Gasteiger partial charge is 0.505 e. The molecule has 1 saturated heterocycles. The second-order valence-electron chi connectivity index (χ2n) is 7.25. The number of guanidine groups is 1. The predicted molar refractivity (Wildman–Crippen MR) is 114 cm³/mol. The summed E-state index contributed by atoms with van der Waals surface area (Å²) < 4.78 is 13.4. The summed E-state index contributed by atoms with van der Waals surface area (Å²) >= 11 is 0. The molecule has 3 rings (SSSR count). The summed E-state index contributed by atoms with van der Waals surface area (Å²) in [6.45, 7) is 3.91. The molecule has 1 aliphatic heterocycles. The first-order valence-electron chi connectivity index (χ1n) is 9.31. The van der Waals surface area contributed by atoms with Crippen molar-refractivity contribution < 1.29 is 9.50 Å². The van der Waals surface area contributed by atoms with Gasteiger partial charge < -0.3 is 20.6 Å². The molecule has 1 unspecified atom stereocenters. The summed E-state index contributed by atoms with van der Waals surface area (Å²) in [6.07, 6.45) is 6.70. The van der Waals surface area contributed by atoms with E-state index in [-0.39, 0.29) is 29.7 Å². The Labute approximate surface area is 172 Å². The zero-order valence-electron chi connectivity index (χ0n) is 15.4. The molecule has 2 fully saturated rings. The molecule has 1 aliphatic carbocycles. The highest BCUT2D eigenvalue weighted by molar-refractivity contribution is 14.0. The van der Waals surface area contributed by atoms with Crippen molar-refractivity contribution in [1.29, 1.82) is 0 Å². The van der Waals surface area contributed by atoms with Gasteiger partial charge in [0.1, 0.15) is 0 Å². The molecule has 1 saturated carbocycles. The van der Waals surface area contributed by atoms with Crippen molar-refractivity contribution in [2.45, 2.75) is 44.7 Å². The lowest BCUT2D eigenvalue weighted by Gasteiger charge is -2.21. The summed E-state index contributed by atoms with van der Waals surface area (Å²) in [5, 5.41) is 15.9. The third kappa shape index (κ3) is 5.97. The van der Waals surface area contributed by atoms with Crippen molar-refractivity contribution in [2.24, 2.45) is 10.9 Å². The van der Waals surface area contributed by atoms with Gasteiger partial charge in [0.05, 0.1) is 0 Å². The van der Waals surface area contributed by atoms with Crippen molar-refractivity contribution >= 4 is 29.9 Å². The molecule has 1 heterocycles. The molecule has 0 bridgehead atoms. The van der Waals surface area contributed by atoms with Crippen LogP contribution in [-0.4, -0.2) is 48.7 Å². The Morgan fingerprint density at radius 2 is 2.08 bits per heavy atom. The first-order chi connectivity index (χ1) is 12.1. The van der Waals surface area contributed by atoms with Gasteiger partial charge in [-0.15, -0.1) is 24.0 Å². The predicted octanol–water partition coefficient (Wildman–Crippen LogP) is 3.08. The fourth-order valence-electron chi connectivity index (χ4n) is 3.91. The average Bonchev–Trinajstić information content (AvgIpc) is 3.27. The minimum atomic E-state index is -0.597. The van der Waals surface area contributed by atoms with Crippen LogP contribution in [0.3, 0.4) is 0 Å². The SMILES string of the molecule is CN=C(NCc1ccc(O)c(F)c1)NC1CCN(CC2CCCC2)C1.I. The molecule has 146 valence electrons. The summed E-state index contributed by atoms with van der Waals surface area (Å²) in [6, 6.07) is 4.83. The lowest BCUT2D eigenvalue weighted by atomic mass is 10.1. The van der Waals surface area contributed by atoms with Crippen molar-refractivity contribution in [3.8, 4) is 5.75 Å². The number of nitrogens with zero attached hydrogens (tertiary/aromatic N) is 2. The monoisotopic (exact) mass is 476 g/mol. The van der Waals surface area contributed by atoms with Crippen LogP contribution in [-0.2, 0) is 6.54 Å². The van der Waals surface area contributed by atoms with E-state index in [1.54, 1.807) is 13.1 Å². The van der Waals surface area contributed by atoms with E-state index in [1.807, 2.05) is 0 Å². The molecule has 5 nitrogen and oxygen atoms in total. The highest BCUT2D eigenvalue weighted by Gasteiger charge is 2.26. The van der Waals surface area contributed by atoms with E-state index >= 15 is 0 Å². The molecule has 0 radical (unpaired) electrons. The number of phenolic OH excluding ortho intramolecular Hbond substituents is 1. The Morgan fingerprint density at radius 1 is 1.31 bits per heavy atom. The zero-order valence-corrected chi connectivity index (χ0v) is 17.7. The third-order valence-electron chi connectivity index (χ3n) is 5.30. The highest BCUT2D eigenvalue weighted by Crippen LogP contribution is 2.26. The molecule has 26 heavy (non-hydrogen) atoms. The Bertz CT molecular complexity index is 607. The molecule has 0 aromatic heterocycles. The number of benzene rings is 1. The molecule has 0 amide bonds. The van der Waals surface area contributed by atoms with Crippen LogP contribution in [0.4, 0.5) is 4.39 Å². The van der Waals surface area contributed by atoms with Gasteiger partial charge in [-0.25, -0.2) is 4.39 Å². The molecule has 2 aliphatic rings. The topological polar surface area (TPSA) is 59.9 Å². The van der Waals surface area contributed by atoms with Crippen LogP contribution < -0.4 is 10.6 Å². The quantitative estimate of drug-likeness (QED) is 0.348. The molecule has 7 heteroatoms. The maximum absolute atomic E-state index is 13.4. The van der Waals surface area contributed by atoms with Crippen molar-refractivity contribution in [1.82, 2.24) is 15.5 Å². The smallest absolute Gasteiger partial charge is 0.191 e. The number of likely N-dealkylation sites (tertiary alicyclic amines) is 1. The van der Waals surface area contributed by atoms with Crippen LogP contribution >= 0.6 is 24.0 Å². The minimum absolute atomic E-state index is 0. The molecular weight excluding hydrogens is 446 g/mol. The van der Waals surface area contributed by atoms with Crippen LogP contribution in [0.25, 0.3) is 0 Å². The number of rotatable bonds is 5. The van der Waals surface area contributed by atoms with E-state index in [2.05, 4.69) is 20.5 Å². The van der Waals surface area contributed by atoms with Gasteiger partial charge in [-0.3, -0.25) is 4.99 Å². The summed E-state index contributed by atoms with van der Waals surface area (Å²) in [7, 11) is 1.75. The van der Waals surface area contributed by atoms with Crippen LogP contribution in [0.5, 0.6) is 5.75 Å². The number of halogens is 2. The highest BCUT2D eigenvalue weighted by atomic mass is 127. The zero-order chi connectivity index (χ0) is 17.6. The van der Waals surface area contributed by atoms with Gasteiger partial charge in [0, 0.05) is 39.3 Å². The molecule has 3 N–H and O–H groups in total. The molecule has 0 spiro atoms. The third-order valence-corrected chi connectivity index (χ3v) is 5.30. The van der Waals surface area contributed by atoms with E-state index in [9.17, 15) is 9.50 Å². The van der Waals surface area contributed by atoms with Crippen molar-refractivity contribution in [3.63, 3.8) is 0 Å². The van der Waals surface area contributed by atoms with E-state index in [0.29, 0.717) is 12.6 Å². The number of aliphatic imine (C=N–C) groups is 1. The number of nitrogens with one attached hydrogen (secondary N) is 2. The van der Waals surface area contributed by atoms with Crippen LogP contribution in [0.2, 0.25) is 0 Å². The Morgan fingerprint density at radius 3 is 2.77 bits per heavy atom. The minimum Gasteiger partial charge on any atom is -0.505 e. The summed E-state index contributed by atoms with van der Waals surface area (Å²) in [5.74, 6) is 0.710. The van der Waals surface area contributed by atoms with E-state index < -0.39 is 5.82 Å². The van der Waals surface area contributed by atoms with Gasteiger partial charge >= 0.3 is 0 Å². The average molecular weight is 476 g/mol. The Kier molecular flexibility index (Phi) is 8.40. The fourth-order valence-corrected chi connectivity index (χ4v) is 3.91. The lowest BCUT2D eigenvalue weighted by molar-refractivity contribution is 0.275. The second kappa shape index (κ2) is 10.3.